The van der Waals surface area contributed by atoms with E-state index in [-0.39, 0.29) is 5.91 Å². The number of hydrogen-bond acceptors (Lipinski definition) is 3. The number of nitrogens with zero attached hydrogens (tertiary/aromatic N) is 1. The maximum atomic E-state index is 12.3. The molecule has 23 heavy (non-hydrogen) atoms. The number of carbonyl (C=O) groups excluding carboxylic acids is 1. The van der Waals surface area contributed by atoms with Crippen molar-refractivity contribution in [2.45, 2.75) is 38.6 Å². The summed E-state index contributed by atoms with van der Waals surface area (Å²) in [6, 6.07) is 9.99. The number of piperidine rings is 1. The molecule has 126 valence electrons. The fraction of sp³-hybridized carbons (Fsp3) is 0.632. The molecule has 4 nitrogen and oxygen atoms in total. The first kappa shape index (κ1) is 16.5. The Morgan fingerprint density at radius 3 is 2.91 bits per heavy atom. The molecule has 0 aliphatic carbocycles. The first-order valence-electron chi connectivity index (χ1n) is 8.94. The third-order valence-corrected chi connectivity index (χ3v) is 5.33. The van der Waals surface area contributed by atoms with Crippen LogP contribution in [0.2, 0.25) is 0 Å². The summed E-state index contributed by atoms with van der Waals surface area (Å²) < 4.78 is 0. The number of nitrogens with one attached hydrogen (secondary N) is 2. The minimum atomic E-state index is 0.0462. The minimum absolute atomic E-state index is 0.0462. The first-order valence-corrected chi connectivity index (χ1v) is 8.94. The quantitative estimate of drug-likeness (QED) is 0.876. The van der Waals surface area contributed by atoms with Gasteiger partial charge in [0.05, 0.1) is 0 Å². The molecule has 2 N–H and O–H groups in total. The molecule has 1 amide bonds. The van der Waals surface area contributed by atoms with Gasteiger partial charge >= 0.3 is 0 Å². The smallest absolute Gasteiger partial charge is 0.251 e. The van der Waals surface area contributed by atoms with Crippen molar-refractivity contribution in [2.75, 3.05) is 32.7 Å². The van der Waals surface area contributed by atoms with Crippen molar-refractivity contribution in [1.82, 2.24) is 15.5 Å². The highest BCUT2D eigenvalue weighted by atomic mass is 16.1. The molecule has 0 spiro atoms. The summed E-state index contributed by atoms with van der Waals surface area (Å²) in [5, 5.41) is 6.63. The predicted molar refractivity (Wildman–Crippen MR) is 93.6 cm³/mol. The Morgan fingerprint density at radius 2 is 2.17 bits per heavy atom. The van der Waals surface area contributed by atoms with E-state index in [1.807, 2.05) is 30.3 Å². The van der Waals surface area contributed by atoms with Crippen LogP contribution >= 0.6 is 0 Å². The van der Waals surface area contributed by atoms with E-state index in [1.54, 1.807) is 0 Å². The van der Waals surface area contributed by atoms with Crippen LogP contribution in [0.3, 0.4) is 0 Å². The van der Waals surface area contributed by atoms with Gasteiger partial charge in [0.15, 0.2) is 0 Å². The molecular weight excluding hydrogens is 286 g/mol. The van der Waals surface area contributed by atoms with Gasteiger partial charge in [-0.1, -0.05) is 31.5 Å². The zero-order valence-electron chi connectivity index (χ0n) is 14.2. The molecular formula is C19H29N3O. The van der Waals surface area contributed by atoms with E-state index in [1.165, 1.54) is 32.2 Å². The van der Waals surface area contributed by atoms with E-state index >= 15 is 0 Å². The van der Waals surface area contributed by atoms with Crippen LogP contribution in [-0.2, 0) is 0 Å². The Kier molecular flexibility index (Phi) is 5.34. The largest absolute Gasteiger partial charge is 0.350 e. The van der Waals surface area contributed by atoms with Crippen molar-refractivity contribution in [2.24, 2.45) is 5.41 Å². The lowest BCUT2D eigenvalue weighted by Gasteiger charge is -2.40. The summed E-state index contributed by atoms with van der Waals surface area (Å²) in [5.41, 5.74) is 1.14. The standard InChI is InChI=1S/C19H29N3O/c1-19(10-11-20-14-19)15-22-12-6-5-9-17(22)13-21-18(23)16-7-3-2-4-8-16/h2-4,7-8,17,20H,5-6,9-15H2,1H3,(H,21,23). The monoisotopic (exact) mass is 315 g/mol. The third-order valence-electron chi connectivity index (χ3n) is 5.33. The molecule has 0 radical (unpaired) electrons. The molecule has 2 unspecified atom stereocenters. The van der Waals surface area contributed by atoms with E-state index in [4.69, 9.17) is 0 Å². The molecule has 2 fully saturated rings. The summed E-state index contributed by atoms with van der Waals surface area (Å²) in [6.45, 7) is 7.72. The van der Waals surface area contributed by atoms with Crippen LogP contribution < -0.4 is 10.6 Å². The number of likely N-dealkylation sites (tertiary alicyclic amines) is 1. The molecule has 0 bridgehead atoms. The fourth-order valence-corrected chi connectivity index (χ4v) is 3.90. The SMILES string of the molecule is CC1(CN2CCCCC2CNC(=O)c2ccccc2)CCNC1. The van der Waals surface area contributed by atoms with Crippen LogP contribution in [0.15, 0.2) is 30.3 Å². The highest BCUT2D eigenvalue weighted by molar-refractivity contribution is 5.94. The molecule has 3 rings (SSSR count). The van der Waals surface area contributed by atoms with E-state index in [0.29, 0.717) is 11.5 Å². The summed E-state index contributed by atoms with van der Waals surface area (Å²) in [7, 11) is 0. The molecule has 4 heteroatoms. The number of benzene rings is 1. The van der Waals surface area contributed by atoms with Crippen molar-refractivity contribution in [3.05, 3.63) is 35.9 Å². The first-order chi connectivity index (χ1) is 11.2. The highest BCUT2D eigenvalue weighted by Crippen LogP contribution is 2.29. The summed E-state index contributed by atoms with van der Waals surface area (Å²) >= 11 is 0. The van der Waals surface area contributed by atoms with Crippen LogP contribution in [0.1, 0.15) is 43.0 Å². The molecule has 2 atom stereocenters. The zero-order chi connectivity index (χ0) is 16.1. The summed E-state index contributed by atoms with van der Waals surface area (Å²) in [4.78, 5) is 14.9. The van der Waals surface area contributed by atoms with Crippen LogP contribution in [0, 0.1) is 5.41 Å². The van der Waals surface area contributed by atoms with Gasteiger partial charge in [-0.15, -0.1) is 0 Å². The minimum Gasteiger partial charge on any atom is -0.350 e. The maximum absolute atomic E-state index is 12.3. The van der Waals surface area contributed by atoms with Gasteiger partial charge in [-0.3, -0.25) is 9.69 Å². The normalized spacial score (nSPS) is 28.7. The van der Waals surface area contributed by atoms with Crippen molar-refractivity contribution in [1.29, 1.82) is 0 Å². The second-order valence-electron chi connectivity index (χ2n) is 7.43. The van der Waals surface area contributed by atoms with Crippen LogP contribution in [-0.4, -0.2) is 49.6 Å². The Hall–Kier alpha value is -1.39. The fourth-order valence-electron chi connectivity index (χ4n) is 3.90. The number of carbonyl (C=O) groups is 1. The van der Waals surface area contributed by atoms with Crippen molar-refractivity contribution < 1.29 is 4.79 Å². The van der Waals surface area contributed by atoms with Gasteiger partial charge in [0.1, 0.15) is 0 Å². The highest BCUT2D eigenvalue weighted by Gasteiger charge is 2.34. The molecule has 2 aliphatic rings. The second-order valence-corrected chi connectivity index (χ2v) is 7.43. The van der Waals surface area contributed by atoms with Gasteiger partial charge in [0.2, 0.25) is 0 Å². The molecule has 1 aromatic rings. The second kappa shape index (κ2) is 7.45. The van der Waals surface area contributed by atoms with Gasteiger partial charge in [0, 0.05) is 31.2 Å². The number of amides is 1. The maximum Gasteiger partial charge on any atom is 0.251 e. The molecule has 0 aromatic heterocycles. The lowest BCUT2D eigenvalue weighted by molar-refractivity contribution is 0.0829. The molecule has 1 aromatic carbocycles. The van der Waals surface area contributed by atoms with Crippen LogP contribution in [0.25, 0.3) is 0 Å². The van der Waals surface area contributed by atoms with E-state index in [0.717, 1.165) is 31.7 Å². The van der Waals surface area contributed by atoms with Gasteiger partial charge in [-0.25, -0.2) is 0 Å². The molecule has 2 saturated heterocycles. The van der Waals surface area contributed by atoms with E-state index in [2.05, 4.69) is 22.5 Å². The van der Waals surface area contributed by atoms with Crippen LogP contribution in [0.4, 0.5) is 0 Å². The number of hydrogen-bond donors (Lipinski definition) is 2. The van der Waals surface area contributed by atoms with Gasteiger partial charge in [0.25, 0.3) is 5.91 Å². The average Bonchev–Trinajstić information content (AvgIpc) is 3.01. The third kappa shape index (κ3) is 4.33. The van der Waals surface area contributed by atoms with Gasteiger partial charge in [-0.2, -0.15) is 0 Å². The Bertz CT molecular complexity index is 511. The molecule has 0 saturated carbocycles. The van der Waals surface area contributed by atoms with E-state index in [9.17, 15) is 4.79 Å². The summed E-state index contributed by atoms with van der Waals surface area (Å²) in [6.07, 6.45) is 5.01. The Balaban J connectivity index is 1.55. The lowest BCUT2D eigenvalue weighted by Crippen LogP contribution is -2.50. The lowest BCUT2D eigenvalue weighted by atomic mass is 9.87. The molecule has 2 aliphatic heterocycles. The average molecular weight is 315 g/mol. The zero-order valence-corrected chi connectivity index (χ0v) is 14.2. The summed E-state index contributed by atoms with van der Waals surface area (Å²) in [5.74, 6) is 0.0462. The van der Waals surface area contributed by atoms with E-state index < -0.39 is 0 Å². The van der Waals surface area contributed by atoms with Crippen molar-refractivity contribution in [3.63, 3.8) is 0 Å². The van der Waals surface area contributed by atoms with Gasteiger partial charge < -0.3 is 10.6 Å². The Labute approximate surface area is 139 Å². The van der Waals surface area contributed by atoms with Crippen molar-refractivity contribution >= 4 is 5.91 Å². The molecule has 2 heterocycles. The topological polar surface area (TPSA) is 44.4 Å². The van der Waals surface area contributed by atoms with Crippen LogP contribution in [0.5, 0.6) is 0 Å². The van der Waals surface area contributed by atoms with Crippen molar-refractivity contribution in [3.8, 4) is 0 Å². The Morgan fingerprint density at radius 1 is 1.35 bits per heavy atom. The van der Waals surface area contributed by atoms with Gasteiger partial charge in [-0.05, 0) is 49.9 Å². The predicted octanol–water partition coefficient (Wildman–Crippen LogP) is 2.27. The number of rotatable bonds is 5.